The fourth-order valence-corrected chi connectivity index (χ4v) is 2.07. The molecule has 7 heteroatoms. The van der Waals surface area contributed by atoms with Crippen molar-refractivity contribution in [2.45, 2.75) is 19.3 Å². The number of carbonyl (C=O) groups excluding carboxylic acids is 1. The normalized spacial score (nSPS) is 10.1. The molecule has 0 fully saturated rings. The highest BCUT2D eigenvalue weighted by molar-refractivity contribution is 9.09. The second-order valence-electron chi connectivity index (χ2n) is 4.15. The topological polar surface area (TPSA) is 81.5 Å². The molecule has 0 aliphatic carbocycles. The van der Waals surface area contributed by atoms with Gasteiger partial charge in [0.1, 0.15) is 5.75 Å². The number of halogens is 1. The number of ether oxygens (including phenoxy) is 1. The summed E-state index contributed by atoms with van der Waals surface area (Å²) in [7, 11) is 1.38. The van der Waals surface area contributed by atoms with Crippen LogP contribution >= 0.6 is 15.9 Å². The number of carbonyl (C=O) groups is 1. The van der Waals surface area contributed by atoms with Crippen LogP contribution in [0.2, 0.25) is 0 Å². The number of nitro groups is 1. The van der Waals surface area contributed by atoms with E-state index >= 15 is 0 Å². The van der Waals surface area contributed by atoms with E-state index in [1.165, 1.54) is 25.3 Å². The number of alkyl halides is 1. The number of hydrogen-bond donors (Lipinski definition) is 1. The van der Waals surface area contributed by atoms with Crippen LogP contribution in [-0.4, -0.2) is 29.8 Å². The Hall–Kier alpha value is -1.63. The molecule has 0 saturated heterocycles. The fourth-order valence-electron chi connectivity index (χ4n) is 1.67. The molecule has 110 valence electrons. The van der Waals surface area contributed by atoms with Crippen molar-refractivity contribution in [1.29, 1.82) is 0 Å². The molecule has 1 aromatic rings. The van der Waals surface area contributed by atoms with Crippen LogP contribution in [-0.2, 0) is 0 Å². The van der Waals surface area contributed by atoms with E-state index in [4.69, 9.17) is 4.74 Å². The van der Waals surface area contributed by atoms with Gasteiger partial charge >= 0.3 is 0 Å². The number of nitrogens with zero attached hydrogens (tertiary/aromatic N) is 1. The summed E-state index contributed by atoms with van der Waals surface area (Å²) >= 11 is 3.35. The lowest BCUT2D eigenvalue weighted by Gasteiger charge is -2.09. The molecule has 0 spiro atoms. The van der Waals surface area contributed by atoms with Crippen molar-refractivity contribution in [3.05, 3.63) is 33.9 Å². The van der Waals surface area contributed by atoms with Gasteiger partial charge in [0.05, 0.1) is 23.7 Å². The Balaban J connectivity index is 2.65. The van der Waals surface area contributed by atoms with Crippen molar-refractivity contribution in [2.75, 3.05) is 19.0 Å². The van der Waals surface area contributed by atoms with E-state index in [0.717, 1.165) is 24.6 Å². The summed E-state index contributed by atoms with van der Waals surface area (Å²) in [6, 6.07) is 3.95. The van der Waals surface area contributed by atoms with Crippen LogP contribution in [0.5, 0.6) is 5.75 Å². The first-order valence-corrected chi connectivity index (χ1v) is 7.39. The van der Waals surface area contributed by atoms with E-state index in [1.807, 2.05) is 0 Å². The van der Waals surface area contributed by atoms with Gasteiger partial charge < -0.3 is 10.1 Å². The van der Waals surface area contributed by atoms with Gasteiger partial charge in [-0.1, -0.05) is 22.4 Å². The lowest BCUT2D eigenvalue weighted by molar-refractivity contribution is -0.384. The molecule has 1 rings (SSSR count). The zero-order chi connectivity index (χ0) is 15.0. The third kappa shape index (κ3) is 4.80. The quantitative estimate of drug-likeness (QED) is 0.340. The van der Waals surface area contributed by atoms with Crippen LogP contribution in [0.4, 0.5) is 5.69 Å². The van der Waals surface area contributed by atoms with Crippen molar-refractivity contribution < 1.29 is 14.5 Å². The number of unbranched alkanes of at least 4 members (excludes halogenated alkanes) is 2. The predicted octanol–water partition coefficient (Wildman–Crippen LogP) is 2.90. The molecule has 1 aromatic carbocycles. The molecule has 0 aliphatic rings. The highest BCUT2D eigenvalue weighted by Crippen LogP contribution is 2.24. The smallest absolute Gasteiger partial charge is 0.273 e. The van der Waals surface area contributed by atoms with Crippen LogP contribution in [0.15, 0.2) is 18.2 Å². The standard InChI is InChI=1S/C13H17BrN2O4/c1-20-12-9-10(16(18)19)5-6-11(12)13(17)15-8-4-2-3-7-14/h5-6,9H,2-4,7-8H2,1H3,(H,15,17). The summed E-state index contributed by atoms with van der Waals surface area (Å²) in [6.45, 7) is 0.575. The van der Waals surface area contributed by atoms with Gasteiger partial charge in [-0.15, -0.1) is 0 Å². The summed E-state index contributed by atoms with van der Waals surface area (Å²) < 4.78 is 5.03. The molecule has 0 unspecified atom stereocenters. The molecule has 0 aliphatic heterocycles. The monoisotopic (exact) mass is 344 g/mol. The highest BCUT2D eigenvalue weighted by Gasteiger charge is 2.16. The second-order valence-corrected chi connectivity index (χ2v) is 4.94. The van der Waals surface area contributed by atoms with E-state index < -0.39 is 4.92 Å². The number of hydrogen-bond acceptors (Lipinski definition) is 4. The van der Waals surface area contributed by atoms with Gasteiger partial charge in [0.15, 0.2) is 0 Å². The Bertz CT molecular complexity index is 479. The van der Waals surface area contributed by atoms with Crippen molar-refractivity contribution >= 4 is 27.5 Å². The fraction of sp³-hybridized carbons (Fsp3) is 0.462. The molecule has 6 nitrogen and oxygen atoms in total. The first-order chi connectivity index (χ1) is 9.60. The van der Waals surface area contributed by atoms with Gasteiger partial charge in [0.25, 0.3) is 11.6 Å². The molecule has 0 aromatic heterocycles. The van der Waals surface area contributed by atoms with Crippen molar-refractivity contribution in [1.82, 2.24) is 5.32 Å². The van der Waals surface area contributed by atoms with Gasteiger partial charge in [0.2, 0.25) is 0 Å². The SMILES string of the molecule is COc1cc([N+](=O)[O-])ccc1C(=O)NCCCCCBr. The average Bonchev–Trinajstić information content (AvgIpc) is 2.46. The van der Waals surface area contributed by atoms with Gasteiger partial charge in [-0.05, 0) is 18.9 Å². The minimum absolute atomic E-state index is 0.101. The van der Waals surface area contributed by atoms with Crippen LogP contribution in [0, 0.1) is 10.1 Å². The van der Waals surface area contributed by atoms with Gasteiger partial charge in [-0.2, -0.15) is 0 Å². The number of nitrogens with one attached hydrogen (secondary N) is 1. The highest BCUT2D eigenvalue weighted by atomic mass is 79.9. The van der Waals surface area contributed by atoms with Crippen LogP contribution in [0.25, 0.3) is 0 Å². The number of amides is 1. The largest absolute Gasteiger partial charge is 0.496 e. The number of benzene rings is 1. The Morgan fingerprint density at radius 1 is 1.40 bits per heavy atom. The molecule has 0 heterocycles. The zero-order valence-electron chi connectivity index (χ0n) is 11.2. The number of methoxy groups -OCH3 is 1. The summed E-state index contributed by atoms with van der Waals surface area (Å²) in [5.41, 5.74) is 0.203. The van der Waals surface area contributed by atoms with E-state index in [2.05, 4.69) is 21.2 Å². The molecule has 0 saturated carbocycles. The number of rotatable bonds is 8. The van der Waals surface area contributed by atoms with Crippen LogP contribution in [0.1, 0.15) is 29.6 Å². The van der Waals surface area contributed by atoms with E-state index in [1.54, 1.807) is 0 Å². The summed E-state index contributed by atoms with van der Waals surface area (Å²) in [5.74, 6) is -0.0762. The first kappa shape index (κ1) is 16.4. The van der Waals surface area contributed by atoms with Gasteiger partial charge in [-0.25, -0.2) is 0 Å². The molecular weight excluding hydrogens is 328 g/mol. The van der Waals surface area contributed by atoms with Crippen molar-refractivity contribution in [3.63, 3.8) is 0 Å². The maximum atomic E-state index is 12.0. The van der Waals surface area contributed by atoms with Crippen LogP contribution in [0.3, 0.4) is 0 Å². The van der Waals surface area contributed by atoms with E-state index in [9.17, 15) is 14.9 Å². The minimum atomic E-state index is -0.523. The summed E-state index contributed by atoms with van der Waals surface area (Å²) in [4.78, 5) is 22.1. The molecule has 0 atom stereocenters. The lowest BCUT2D eigenvalue weighted by Crippen LogP contribution is -2.25. The number of non-ortho nitro benzene ring substituents is 1. The Labute approximate surface area is 125 Å². The maximum absolute atomic E-state index is 12.0. The van der Waals surface area contributed by atoms with Gasteiger partial charge in [-0.3, -0.25) is 14.9 Å². The molecule has 1 N–H and O–H groups in total. The molecular formula is C13H17BrN2O4. The molecule has 0 bridgehead atoms. The first-order valence-electron chi connectivity index (χ1n) is 6.26. The summed E-state index contributed by atoms with van der Waals surface area (Å²) in [5, 5.41) is 14.4. The second kappa shape index (κ2) is 8.52. The minimum Gasteiger partial charge on any atom is -0.496 e. The average molecular weight is 345 g/mol. The third-order valence-corrected chi connectivity index (χ3v) is 3.30. The Morgan fingerprint density at radius 2 is 2.15 bits per heavy atom. The predicted molar refractivity (Wildman–Crippen MR) is 79.6 cm³/mol. The van der Waals surface area contributed by atoms with Crippen molar-refractivity contribution in [2.24, 2.45) is 0 Å². The Morgan fingerprint density at radius 3 is 2.75 bits per heavy atom. The molecule has 1 amide bonds. The third-order valence-electron chi connectivity index (χ3n) is 2.74. The number of nitro benzene ring substituents is 1. The Kier molecular flexibility index (Phi) is 7.00. The van der Waals surface area contributed by atoms with Crippen molar-refractivity contribution in [3.8, 4) is 5.75 Å². The van der Waals surface area contributed by atoms with Gasteiger partial charge in [0, 0.05) is 17.9 Å². The maximum Gasteiger partial charge on any atom is 0.273 e. The van der Waals surface area contributed by atoms with E-state index in [0.29, 0.717) is 12.1 Å². The molecule has 20 heavy (non-hydrogen) atoms. The molecule has 0 radical (unpaired) electrons. The lowest BCUT2D eigenvalue weighted by atomic mass is 10.1. The summed E-state index contributed by atoms with van der Waals surface area (Å²) in [6.07, 6.45) is 2.99. The van der Waals surface area contributed by atoms with Crippen LogP contribution < -0.4 is 10.1 Å². The zero-order valence-corrected chi connectivity index (χ0v) is 12.8. The van der Waals surface area contributed by atoms with E-state index in [-0.39, 0.29) is 17.3 Å².